The molecule has 0 aliphatic carbocycles. The summed E-state index contributed by atoms with van der Waals surface area (Å²) >= 11 is 0. The summed E-state index contributed by atoms with van der Waals surface area (Å²) in [5.74, 6) is -0.170. The quantitative estimate of drug-likeness (QED) is 0.830. The predicted octanol–water partition coefficient (Wildman–Crippen LogP) is 2.35. The van der Waals surface area contributed by atoms with Crippen molar-refractivity contribution in [3.63, 3.8) is 0 Å². The van der Waals surface area contributed by atoms with E-state index in [1.54, 1.807) is 10.7 Å². The van der Waals surface area contributed by atoms with Crippen LogP contribution in [0.15, 0.2) is 24.3 Å². The maximum Gasteiger partial charge on any atom is 0.273 e. The van der Waals surface area contributed by atoms with Crippen LogP contribution in [0.4, 0.5) is 11.4 Å². The number of benzene rings is 1. The second-order valence-electron chi connectivity index (χ2n) is 4.46. The molecule has 5 heteroatoms. The molecule has 100 valence electrons. The molecule has 1 amide bonds. The van der Waals surface area contributed by atoms with E-state index in [2.05, 4.69) is 10.4 Å². The lowest BCUT2D eigenvalue weighted by Crippen LogP contribution is -2.18. The van der Waals surface area contributed by atoms with Crippen molar-refractivity contribution in [1.82, 2.24) is 9.78 Å². The molecular formula is C14H18N4O. The topological polar surface area (TPSA) is 72.9 Å². The van der Waals surface area contributed by atoms with Crippen molar-refractivity contribution in [2.75, 3.05) is 11.1 Å². The zero-order valence-electron chi connectivity index (χ0n) is 11.4. The van der Waals surface area contributed by atoms with Gasteiger partial charge in [-0.25, -0.2) is 0 Å². The van der Waals surface area contributed by atoms with Gasteiger partial charge in [-0.3, -0.25) is 9.48 Å². The van der Waals surface area contributed by atoms with Crippen LogP contribution < -0.4 is 11.1 Å². The van der Waals surface area contributed by atoms with Crippen molar-refractivity contribution in [1.29, 1.82) is 0 Å². The van der Waals surface area contributed by atoms with Crippen molar-refractivity contribution in [3.05, 3.63) is 41.2 Å². The molecule has 0 saturated carbocycles. The minimum Gasteiger partial charge on any atom is -0.398 e. The number of aromatic nitrogens is 2. The van der Waals surface area contributed by atoms with Crippen LogP contribution in [-0.2, 0) is 6.54 Å². The summed E-state index contributed by atoms with van der Waals surface area (Å²) in [6, 6.07) is 7.25. The van der Waals surface area contributed by atoms with Crippen molar-refractivity contribution >= 4 is 17.3 Å². The number of aryl methyl sites for hydroxylation is 2. The Morgan fingerprint density at radius 2 is 2.16 bits per heavy atom. The summed E-state index contributed by atoms with van der Waals surface area (Å²) < 4.78 is 1.69. The van der Waals surface area contributed by atoms with Gasteiger partial charge in [0.05, 0.1) is 5.69 Å². The third-order valence-corrected chi connectivity index (χ3v) is 3.06. The van der Waals surface area contributed by atoms with Gasteiger partial charge >= 0.3 is 0 Å². The van der Waals surface area contributed by atoms with Crippen molar-refractivity contribution in [3.8, 4) is 0 Å². The van der Waals surface area contributed by atoms with Crippen LogP contribution in [0.3, 0.4) is 0 Å². The smallest absolute Gasteiger partial charge is 0.273 e. The molecule has 0 aliphatic rings. The van der Waals surface area contributed by atoms with Gasteiger partial charge in [0.15, 0.2) is 0 Å². The maximum atomic E-state index is 12.3. The Bertz CT molecular complexity index is 616. The van der Waals surface area contributed by atoms with Gasteiger partial charge in [0, 0.05) is 17.9 Å². The van der Waals surface area contributed by atoms with Gasteiger partial charge < -0.3 is 11.1 Å². The number of carbonyl (C=O) groups excluding carboxylic acids is 1. The zero-order valence-corrected chi connectivity index (χ0v) is 11.4. The number of nitrogen functional groups attached to an aromatic ring is 1. The number of nitrogens with zero attached hydrogens (tertiary/aromatic N) is 2. The summed E-state index contributed by atoms with van der Waals surface area (Å²) in [5.41, 5.74) is 9.48. The largest absolute Gasteiger partial charge is 0.398 e. The van der Waals surface area contributed by atoms with Gasteiger partial charge in [0.25, 0.3) is 5.91 Å². The summed E-state index contributed by atoms with van der Waals surface area (Å²) in [7, 11) is 0. The average molecular weight is 258 g/mol. The molecule has 0 bridgehead atoms. The Hall–Kier alpha value is -2.30. The number of amides is 1. The van der Waals surface area contributed by atoms with E-state index in [-0.39, 0.29) is 5.91 Å². The molecule has 2 aromatic rings. The molecule has 0 atom stereocenters. The highest BCUT2D eigenvalue weighted by molar-refractivity contribution is 6.03. The lowest BCUT2D eigenvalue weighted by Gasteiger charge is -2.10. The molecule has 1 aromatic heterocycles. The van der Waals surface area contributed by atoms with Gasteiger partial charge in [-0.05, 0) is 44.5 Å². The summed E-state index contributed by atoms with van der Waals surface area (Å²) in [6.07, 6.45) is 0. The fraction of sp³-hybridized carbons (Fsp3) is 0.286. The SMILES string of the molecule is CCn1nc(C)cc1C(=O)Nc1cccc(N)c1C. The van der Waals surface area contributed by atoms with Gasteiger partial charge in [0.1, 0.15) is 5.69 Å². The Balaban J connectivity index is 2.28. The van der Waals surface area contributed by atoms with Gasteiger partial charge in [0.2, 0.25) is 0 Å². The van der Waals surface area contributed by atoms with E-state index in [4.69, 9.17) is 5.73 Å². The van der Waals surface area contributed by atoms with Crippen molar-refractivity contribution in [2.45, 2.75) is 27.3 Å². The molecule has 0 saturated heterocycles. The van der Waals surface area contributed by atoms with Crippen LogP contribution >= 0.6 is 0 Å². The highest BCUT2D eigenvalue weighted by Crippen LogP contribution is 2.21. The number of rotatable bonds is 3. The zero-order chi connectivity index (χ0) is 14.0. The van der Waals surface area contributed by atoms with Gasteiger partial charge in [-0.15, -0.1) is 0 Å². The van der Waals surface area contributed by atoms with E-state index in [0.29, 0.717) is 17.9 Å². The van der Waals surface area contributed by atoms with E-state index in [1.165, 1.54) is 0 Å². The van der Waals surface area contributed by atoms with E-state index in [0.717, 1.165) is 16.9 Å². The fourth-order valence-corrected chi connectivity index (χ4v) is 1.94. The molecule has 0 aliphatic heterocycles. The van der Waals surface area contributed by atoms with E-state index < -0.39 is 0 Å². The first-order chi connectivity index (χ1) is 9.02. The molecule has 0 fully saturated rings. The van der Waals surface area contributed by atoms with Crippen LogP contribution in [0.25, 0.3) is 0 Å². The summed E-state index contributed by atoms with van der Waals surface area (Å²) in [4.78, 5) is 12.3. The lowest BCUT2D eigenvalue weighted by atomic mass is 10.1. The fourth-order valence-electron chi connectivity index (χ4n) is 1.94. The maximum absolute atomic E-state index is 12.3. The molecule has 2 rings (SSSR count). The van der Waals surface area contributed by atoms with Crippen LogP contribution in [0.5, 0.6) is 0 Å². The minimum atomic E-state index is -0.170. The Morgan fingerprint density at radius 3 is 2.84 bits per heavy atom. The van der Waals surface area contributed by atoms with E-state index in [1.807, 2.05) is 39.0 Å². The van der Waals surface area contributed by atoms with E-state index >= 15 is 0 Å². The Morgan fingerprint density at radius 1 is 1.42 bits per heavy atom. The Labute approximate surface area is 112 Å². The molecule has 1 aromatic carbocycles. The third kappa shape index (κ3) is 2.59. The highest BCUT2D eigenvalue weighted by atomic mass is 16.2. The van der Waals surface area contributed by atoms with Gasteiger partial charge in [-0.2, -0.15) is 5.10 Å². The first-order valence-corrected chi connectivity index (χ1v) is 6.23. The number of hydrogen-bond acceptors (Lipinski definition) is 3. The van der Waals surface area contributed by atoms with E-state index in [9.17, 15) is 4.79 Å². The minimum absolute atomic E-state index is 0.170. The molecule has 5 nitrogen and oxygen atoms in total. The molecule has 19 heavy (non-hydrogen) atoms. The van der Waals surface area contributed by atoms with Crippen LogP contribution in [0, 0.1) is 13.8 Å². The molecular weight excluding hydrogens is 240 g/mol. The normalized spacial score (nSPS) is 10.5. The first-order valence-electron chi connectivity index (χ1n) is 6.23. The third-order valence-electron chi connectivity index (χ3n) is 3.06. The second-order valence-corrected chi connectivity index (χ2v) is 4.46. The molecule has 0 unspecified atom stereocenters. The average Bonchev–Trinajstić information content (AvgIpc) is 2.76. The monoisotopic (exact) mass is 258 g/mol. The number of carbonyl (C=O) groups is 1. The van der Waals surface area contributed by atoms with Crippen molar-refractivity contribution < 1.29 is 4.79 Å². The molecule has 0 radical (unpaired) electrons. The first kappa shape index (κ1) is 13.1. The molecule has 0 spiro atoms. The standard InChI is InChI=1S/C14H18N4O/c1-4-18-13(8-9(2)17-18)14(19)16-12-7-5-6-11(15)10(12)3/h5-8H,4,15H2,1-3H3,(H,16,19). The Kier molecular flexibility index (Phi) is 3.55. The number of anilines is 2. The van der Waals surface area contributed by atoms with Gasteiger partial charge in [-0.1, -0.05) is 6.07 Å². The number of hydrogen-bond donors (Lipinski definition) is 2. The highest BCUT2D eigenvalue weighted by Gasteiger charge is 2.14. The van der Waals surface area contributed by atoms with Crippen LogP contribution in [0.1, 0.15) is 28.7 Å². The van der Waals surface area contributed by atoms with Crippen LogP contribution in [-0.4, -0.2) is 15.7 Å². The number of nitrogens with one attached hydrogen (secondary N) is 1. The summed E-state index contributed by atoms with van der Waals surface area (Å²) in [5, 5.41) is 7.14. The van der Waals surface area contributed by atoms with Crippen molar-refractivity contribution in [2.24, 2.45) is 0 Å². The molecule has 1 heterocycles. The second kappa shape index (κ2) is 5.14. The van der Waals surface area contributed by atoms with Crippen LogP contribution in [0.2, 0.25) is 0 Å². The predicted molar refractivity (Wildman–Crippen MR) is 76.2 cm³/mol. The molecule has 3 N–H and O–H groups in total. The summed E-state index contributed by atoms with van der Waals surface area (Å²) in [6.45, 7) is 6.36. The lowest BCUT2D eigenvalue weighted by molar-refractivity contribution is 0.101. The number of nitrogens with two attached hydrogens (primary N) is 1.